The van der Waals surface area contributed by atoms with Crippen molar-refractivity contribution in [3.8, 4) is 0 Å². The normalized spacial score (nSPS) is 25.4. The molecule has 1 aliphatic carbocycles. The van der Waals surface area contributed by atoms with Crippen LogP contribution in [0.5, 0.6) is 0 Å². The predicted molar refractivity (Wildman–Crippen MR) is 70.3 cm³/mol. The topological polar surface area (TPSA) is 38.0 Å². The summed E-state index contributed by atoms with van der Waals surface area (Å²) in [5.41, 5.74) is 6.96. The molecule has 0 heterocycles. The number of nitrogens with one attached hydrogen (secondary N) is 1. The second-order valence-corrected chi connectivity index (χ2v) is 5.09. The number of rotatable bonds is 2. The first-order chi connectivity index (χ1) is 7.68. The van der Waals surface area contributed by atoms with Gasteiger partial charge in [0.2, 0.25) is 0 Å². The molecule has 1 saturated carbocycles. The number of anilines is 1. The van der Waals surface area contributed by atoms with E-state index >= 15 is 0 Å². The summed E-state index contributed by atoms with van der Waals surface area (Å²) >= 11 is 12.1. The van der Waals surface area contributed by atoms with Crippen LogP contribution in [0.2, 0.25) is 10.0 Å². The summed E-state index contributed by atoms with van der Waals surface area (Å²) in [6.45, 7) is 0. The molecule has 0 radical (unpaired) electrons. The van der Waals surface area contributed by atoms with Gasteiger partial charge in [0.1, 0.15) is 0 Å². The van der Waals surface area contributed by atoms with Crippen molar-refractivity contribution in [2.45, 2.75) is 37.8 Å². The molecular weight excluding hydrogens is 243 g/mol. The molecule has 0 bridgehead atoms. The zero-order chi connectivity index (χ0) is 11.5. The Morgan fingerprint density at radius 2 is 1.94 bits per heavy atom. The van der Waals surface area contributed by atoms with Gasteiger partial charge in [-0.15, -0.1) is 0 Å². The smallest absolute Gasteiger partial charge is 0.0823 e. The highest BCUT2D eigenvalue weighted by atomic mass is 35.5. The highest BCUT2D eigenvalue weighted by Gasteiger charge is 2.22. The van der Waals surface area contributed by atoms with E-state index in [9.17, 15) is 0 Å². The third-order valence-electron chi connectivity index (χ3n) is 3.11. The molecule has 2 rings (SSSR count). The first kappa shape index (κ1) is 12.0. The Bertz CT molecular complexity index is 368. The molecule has 1 fully saturated rings. The third kappa shape index (κ3) is 2.62. The van der Waals surface area contributed by atoms with Crippen molar-refractivity contribution >= 4 is 28.9 Å². The Labute approximate surface area is 106 Å². The van der Waals surface area contributed by atoms with Crippen molar-refractivity contribution in [1.29, 1.82) is 0 Å². The molecule has 1 aromatic carbocycles. The molecule has 0 saturated heterocycles. The fourth-order valence-corrected chi connectivity index (χ4v) is 2.51. The van der Waals surface area contributed by atoms with E-state index in [-0.39, 0.29) is 6.04 Å². The molecule has 2 nitrogen and oxygen atoms in total. The quantitative estimate of drug-likeness (QED) is 0.850. The van der Waals surface area contributed by atoms with Crippen LogP contribution in [-0.2, 0) is 0 Å². The van der Waals surface area contributed by atoms with Crippen molar-refractivity contribution < 1.29 is 0 Å². The molecular formula is C12H16Cl2N2. The number of nitrogens with two attached hydrogens (primary N) is 1. The van der Waals surface area contributed by atoms with Gasteiger partial charge in [0.05, 0.1) is 15.7 Å². The van der Waals surface area contributed by atoms with Crippen LogP contribution in [0, 0.1) is 0 Å². The first-order valence-electron chi connectivity index (χ1n) is 5.64. The summed E-state index contributed by atoms with van der Waals surface area (Å²) in [6, 6.07) is 6.14. The maximum atomic E-state index is 6.12. The minimum absolute atomic E-state index is 0.212. The largest absolute Gasteiger partial charge is 0.380 e. The summed E-state index contributed by atoms with van der Waals surface area (Å²) in [6.07, 6.45) is 4.63. The molecule has 4 heteroatoms. The zero-order valence-electron chi connectivity index (χ0n) is 9.05. The van der Waals surface area contributed by atoms with Crippen molar-refractivity contribution in [2.24, 2.45) is 5.73 Å². The van der Waals surface area contributed by atoms with Gasteiger partial charge in [0.25, 0.3) is 0 Å². The molecule has 16 heavy (non-hydrogen) atoms. The van der Waals surface area contributed by atoms with Crippen LogP contribution < -0.4 is 11.1 Å². The third-order valence-corrected chi connectivity index (χ3v) is 3.93. The molecule has 0 aromatic heterocycles. The average Bonchev–Trinajstić information content (AvgIpc) is 2.28. The first-order valence-corrected chi connectivity index (χ1v) is 6.40. The molecule has 2 atom stereocenters. The lowest BCUT2D eigenvalue weighted by molar-refractivity contribution is 0.404. The van der Waals surface area contributed by atoms with E-state index in [0.717, 1.165) is 18.5 Å². The second-order valence-electron chi connectivity index (χ2n) is 4.30. The zero-order valence-corrected chi connectivity index (χ0v) is 10.6. The van der Waals surface area contributed by atoms with Crippen LogP contribution in [0.1, 0.15) is 25.7 Å². The van der Waals surface area contributed by atoms with E-state index in [1.54, 1.807) is 6.07 Å². The van der Waals surface area contributed by atoms with Gasteiger partial charge >= 0.3 is 0 Å². The van der Waals surface area contributed by atoms with Gasteiger partial charge in [-0.3, -0.25) is 0 Å². The maximum Gasteiger partial charge on any atom is 0.0823 e. The van der Waals surface area contributed by atoms with Crippen LogP contribution in [0.3, 0.4) is 0 Å². The molecule has 1 aromatic rings. The van der Waals surface area contributed by atoms with Crippen molar-refractivity contribution in [1.82, 2.24) is 0 Å². The number of hydrogen-bond acceptors (Lipinski definition) is 2. The lowest BCUT2D eigenvalue weighted by Gasteiger charge is -2.30. The van der Waals surface area contributed by atoms with Gasteiger partial charge < -0.3 is 11.1 Å². The Hall–Kier alpha value is -0.440. The van der Waals surface area contributed by atoms with Crippen LogP contribution >= 0.6 is 23.2 Å². The van der Waals surface area contributed by atoms with Gasteiger partial charge in [-0.1, -0.05) is 42.1 Å². The molecule has 0 spiro atoms. The van der Waals surface area contributed by atoms with Gasteiger partial charge in [0, 0.05) is 12.1 Å². The van der Waals surface area contributed by atoms with Crippen LogP contribution in [-0.4, -0.2) is 12.1 Å². The summed E-state index contributed by atoms with van der Waals surface area (Å²) in [7, 11) is 0. The summed E-state index contributed by atoms with van der Waals surface area (Å²) in [4.78, 5) is 0. The van der Waals surface area contributed by atoms with E-state index in [1.807, 2.05) is 12.1 Å². The molecule has 2 unspecified atom stereocenters. The number of benzene rings is 1. The van der Waals surface area contributed by atoms with Gasteiger partial charge in [-0.2, -0.15) is 0 Å². The maximum absolute atomic E-state index is 6.12. The van der Waals surface area contributed by atoms with Gasteiger partial charge in [-0.25, -0.2) is 0 Å². The lowest BCUT2D eigenvalue weighted by atomic mass is 9.91. The Balaban J connectivity index is 2.10. The van der Waals surface area contributed by atoms with E-state index < -0.39 is 0 Å². The van der Waals surface area contributed by atoms with E-state index in [0.29, 0.717) is 16.1 Å². The van der Waals surface area contributed by atoms with Crippen LogP contribution in [0.4, 0.5) is 5.69 Å². The van der Waals surface area contributed by atoms with E-state index in [2.05, 4.69) is 5.32 Å². The minimum Gasteiger partial charge on any atom is -0.380 e. The highest BCUT2D eigenvalue weighted by Crippen LogP contribution is 2.31. The molecule has 3 N–H and O–H groups in total. The summed E-state index contributed by atoms with van der Waals surface area (Å²) < 4.78 is 0. The van der Waals surface area contributed by atoms with Gasteiger partial charge in [-0.05, 0) is 25.0 Å². The fraction of sp³-hybridized carbons (Fsp3) is 0.500. The SMILES string of the molecule is NC1CCCCC1Nc1cccc(Cl)c1Cl. The summed E-state index contributed by atoms with van der Waals surface area (Å²) in [5.74, 6) is 0. The predicted octanol–water partition coefficient (Wildman–Crippen LogP) is 3.68. The van der Waals surface area contributed by atoms with Crippen LogP contribution in [0.15, 0.2) is 18.2 Å². The average molecular weight is 259 g/mol. The Morgan fingerprint density at radius 1 is 1.19 bits per heavy atom. The second kappa shape index (κ2) is 5.26. The lowest BCUT2D eigenvalue weighted by Crippen LogP contribution is -2.42. The highest BCUT2D eigenvalue weighted by molar-refractivity contribution is 6.43. The monoisotopic (exact) mass is 258 g/mol. The van der Waals surface area contributed by atoms with Crippen molar-refractivity contribution in [3.63, 3.8) is 0 Å². The van der Waals surface area contributed by atoms with E-state index in [1.165, 1.54) is 12.8 Å². The van der Waals surface area contributed by atoms with Crippen molar-refractivity contribution in [2.75, 3.05) is 5.32 Å². The molecule has 0 aliphatic heterocycles. The Kier molecular flexibility index (Phi) is 3.95. The fourth-order valence-electron chi connectivity index (χ4n) is 2.15. The Morgan fingerprint density at radius 3 is 2.69 bits per heavy atom. The van der Waals surface area contributed by atoms with Crippen LogP contribution in [0.25, 0.3) is 0 Å². The van der Waals surface area contributed by atoms with Gasteiger partial charge in [0.15, 0.2) is 0 Å². The molecule has 88 valence electrons. The standard InChI is InChI=1S/C12H16Cl2N2/c13-8-4-3-7-11(12(8)14)16-10-6-2-1-5-9(10)15/h3-4,7,9-10,16H,1-2,5-6,15H2. The number of halogens is 2. The van der Waals surface area contributed by atoms with E-state index in [4.69, 9.17) is 28.9 Å². The minimum atomic E-state index is 0.212. The summed E-state index contributed by atoms with van der Waals surface area (Å²) in [5, 5.41) is 4.56. The molecule has 1 aliphatic rings. The van der Waals surface area contributed by atoms with Crippen molar-refractivity contribution in [3.05, 3.63) is 28.2 Å². The molecule has 0 amide bonds. The number of hydrogen-bond donors (Lipinski definition) is 2.